The number of nitrogens with two attached hydrogens (primary N) is 2. The predicted molar refractivity (Wildman–Crippen MR) is 137 cm³/mol. The van der Waals surface area contributed by atoms with Crippen LogP contribution in [0.25, 0.3) is 11.2 Å². The predicted octanol–water partition coefficient (Wildman–Crippen LogP) is 2.62. The SMILES string of the molecule is CCOP(CCNC)OCC.CN(Cc1cnc2nc(N)nc(N)c2n1)c1ccc(C=O)cc1. The van der Waals surface area contributed by atoms with Gasteiger partial charge in [0.2, 0.25) is 5.95 Å². The van der Waals surface area contributed by atoms with Crippen LogP contribution in [0.1, 0.15) is 29.9 Å². The van der Waals surface area contributed by atoms with Gasteiger partial charge < -0.3 is 30.7 Å². The summed E-state index contributed by atoms with van der Waals surface area (Å²) < 4.78 is 10.8. The number of carbonyl (C=O) groups excluding carboxylic acids is 1. The van der Waals surface area contributed by atoms with Gasteiger partial charge in [-0.2, -0.15) is 9.97 Å². The highest BCUT2D eigenvalue weighted by atomic mass is 31.2. The van der Waals surface area contributed by atoms with Crippen molar-refractivity contribution in [1.29, 1.82) is 0 Å². The van der Waals surface area contributed by atoms with Crippen LogP contribution in [0.5, 0.6) is 0 Å². The minimum absolute atomic E-state index is 0.0736. The Hall–Kier alpha value is -2.98. The van der Waals surface area contributed by atoms with E-state index in [0.29, 0.717) is 23.3 Å². The molecular formula is C22H33N8O3P. The lowest BCUT2D eigenvalue weighted by atomic mass is 10.2. The topological polar surface area (TPSA) is 154 Å². The second kappa shape index (κ2) is 14.3. The number of carbonyl (C=O) groups is 1. The fourth-order valence-corrected chi connectivity index (χ4v) is 4.17. The molecule has 1 aromatic carbocycles. The molecule has 2 heterocycles. The lowest BCUT2D eigenvalue weighted by Crippen LogP contribution is -2.17. The second-order valence-electron chi connectivity index (χ2n) is 7.06. The van der Waals surface area contributed by atoms with Crippen LogP contribution in [0, 0.1) is 0 Å². The number of hydrogen-bond acceptors (Lipinski definition) is 11. The van der Waals surface area contributed by atoms with Crippen LogP contribution in [-0.2, 0) is 15.6 Å². The van der Waals surface area contributed by atoms with Gasteiger partial charge in [-0.05, 0) is 45.2 Å². The van der Waals surface area contributed by atoms with Gasteiger partial charge in [-0.3, -0.25) is 4.79 Å². The number of fused-ring (bicyclic) bond motifs is 1. The summed E-state index contributed by atoms with van der Waals surface area (Å²) in [7, 11) is 3.23. The van der Waals surface area contributed by atoms with Gasteiger partial charge in [-0.1, -0.05) is 0 Å². The van der Waals surface area contributed by atoms with Crippen molar-refractivity contribution in [2.75, 3.05) is 56.4 Å². The molecule has 0 saturated carbocycles. The molecule has 0 aliphatic carbocycles. The first kappa shape index (κ1) is 27.3. The zero-order chi connectivity index (χ0) is 24.9. The maximum absolute atomic E-state index is 10.7. The highest BCUT2D eigenvalue weighted by molar-refractivity contribution is 7.47. The first-order valence-corrected chi connectivity index (χ1v) is 12.3. The molecule has 0 unspecified atom stereocenters. The molecule has 0 fully saturated rings. The molecule has 0 spiro atoms. The van der Waals surface area contributed by atoms with E-state index in [1.165, 1.54) is 0 Å². The van der Waals surface area contributed by atoms with E-state index in [-0.39, 0.29) is 11.8 Å². The van der Waals surface area contributed by atoms with Gasteiger partial charge >= 0.3 is 0 Å². The maximum Gasteiger partial charge on any atom is 0.224 e. The Morgan fingerprint density at radius 3 is 2.35 bits per heavy atom. The Morgan fingerprint density at radius 2 is 1.76 bits per heavy atom. The van der Waals surface area contributed by atoms with E-state index in [2.05, 4.69) is 25.3 Å². The molecule has 2 aromatic heterocycles. The lowest BCUT2D eigenvalue weighted by molar-refractivity contribution is 0.112. The number of hydrogen-bond donors (Lipinski definition) is 3. The van der Waals surface area contributed by atoms with E-state index in [1.54, 1.807) is 18.3 Å². The molecule has 184 valence electrons. The zero-order valence-corrected chi connectivity index (χ0v) is 21.0. The molecule has 0 radical (unpaired) electrons. The number of nitrogens with one attached hydrogen (secondary N) is 1. The van der Waals surface area contributed by atoms with Gasteiger partial charge in [0.15, 0.2) is 25.4 Å². The Morgan fingerprint density at radius 1 is 1.09 bits per heavy atom. The molecule has 5 N–H and O–H groups in total. The molecule has 0 amide bonds. The molecule has 11 nitrogen and oxygen atoms in total. The summed E-state index contributed by atoms with van der Waals surface area (Å²) in [6.07, 6.45) is 3.42. The molecule has 0 aliphatic heterocycles. The minimum Gasteiger partial charge on any atom is -0.382 e. The Bertz CT molecular complexity index is 1030. The van der Waals surface area contributed by atoms with Gasteiger partial charge in [0.25, 0.3) is 0 Å². The zero-order valence-electron chi connectivity index (χ0n) is 20.1. The molecule has 34 heavy (non-hydrogen) atoms. The average Bonchev–Trinajstić information content (AvgIpc) is 2.83. The van der Waals surface area contributed by atoms with Crippen molar-refractivity contribution in [1.82, 2.24) is 25.3 Å². The highest BCUT2D eigenvalue weighted by Crippen LogP contribution is 2.36. The van der Waals surface area contributed by atoms with Crippen LogP contribution >= 0.6 is 8.38 Å². The van der Waals surface area contributed by atoms with Crippen molar-refractivity contribution in [3.8, 4) is 0 Å². The minimum atomic E-state index is -0.629. The van der Waals surface area contributed by atoms with Crippen LogP contribution in [0.3, 0.4) is 0 Å². The third-order valence-electron chi connectivity index (χ3n) is 4.46. The summed E-state index contributed by atoms with van der Waals surface area (Å²) in [6, 6.07) is 7.27. The number of aromatic nitrogens is 4. The number of rotatable bonds is 11. The van der Waals surface area contributed by atoms with Crippen LogP contribution in [0.4, 0.5) is 17.5 Å². The van der Waals surface area contributed by atoms with Crippen molar-refractivity contribution in [3.63, 3.8) is 0 Å². The summed E-state index contributed by atoms with van der Waals surface area (Å²) in [5.41, 5.74) is 14.5. The number of aldehydes is 1. The van der Waals surface area contributed by atoms with Crippen LogP contribution < -0.4 is 21.7 Å². The van der Waals surface area contributed by atoms with E-state index in [9.17, 15) is 4.79 Å². The normalized spacial score (nSPS) is 10.7. The number of benzene rings is 1. The van der Waals surface area contributed by atoms with Gasteiger partial charge in [-0.25, -0.2) is 9.97 Å². The smallest absolute Gasteiger partial charge is 0.224 e. The average molecular weight is 489 g/mol. The van der Waals surface area contributed by atoms with Crippen molar-refractivity contribution >= 4 is 43.3 Å². The maximum atomic E-state index is 10.7. The molecule has 3 aromatic rings. The molecule has 0 aliphatic rings. The van der Waals surface area contributed by atoms with Gasteiger partial charge in [-0.15, -0.1) is 0 Å². The lowest BCUT2D eigenvalue weighted by Gasteiger charge is -2.19. The summed E-state index contributed by atoms with van der Waals surface area (Å²) in [5, 5.41) is 3.07. The summed E-state index contributed by atoms with van der Waals surface area (Å²) in [6.45, 7) is 6.96. The van der Waals surface area contributed by atoms with Crippen LogP contribution in [-0.4, -0.2) is 66.2 Å². The Labute approximate surface area is 201 Å². The van der Waals surface area contributed by atoms with E-state index in [0.717, 1.165) is 43.6 Å². The monoisotopic (exact) mass is 488 g/mol. The van der Waals surface area contributed by atoms with Crippen molar-refractivity contribution in [2.24, 2.45) is 0 Å². The summed E-state index contributed by atoms with van der Waals surface area (Å²) in [5.74, 6) is 0.282. The van der Waals surface area contributed by atoms with E-state index < -0.39 is 8.38 Å². The fraction of sp³-hybridized carbons (Fsp3) is 0.409. The van der Waals surface area contributed by atoms with Crippen molar-refractivity contribution in [2.45, 2.75) is 20.4 Å². The third kappa shape index (κ3) is 8.42. The van der Waals surface area contributed by atoms with Crippen LogP contribution in [0.2, 0.25) is 0 Å². The number of nitrogens with zero attached hydrogens (tertiary/aromatic N) is 5. The molecule has 0 saturated heterocycles. The first-order chi connectivity index (χ1) is 16.4. The Balaban J connectivity index is 0.000000316. The highest BCUT2D eigenvalue weighted by Gasteiger charge is 2.10. The number of anilines is 3. The molecule has 3 rings (SSSR count). The van der Waals surface area contributed by atoms with E-state index in [1.807, 2.05) is 45.0 Å². The van der Waals surface area contributed by atoms with E-state index in [4.69, 9.17) is 20.5 Å². The molecule has 12 heteroatoms. The molecule has 0 bridgehead atoms. The molecule has 0 atom stereocenters. The van der Waals surface area contributed by atoms with Crippen molar-refractivity contribution in [3.05, 3.63) is 41.7 Å². The van der Waals surface area contributed by atoms with Crippen molar-refractivity contribution < 1.29 is 13.8 Å². The summed E-state index contributed by atoms with van der Waals surface area (Å²) >= 11 is 0. The second-order valence-corrected chi connectivity index (χ2v) is 8.69. The largest absolute Gasteiger partial charge is 0.382 e. The first-order valence-electron chi connectivity index (χ1n) is 10.9. The fourth-order valence-electron chi connectivity index (χ4n) is 2.86. The number of nitrogen functional groups attached to an aromatic ring is 2. The van der Waals surface area contributed by atoms with Crippen LogP contribution in [0.15, 0.2) is 30.5 Å². The van der Waals surface area contributed by atoms with Gasteiger partial charge in [0.05, 0.1) is 31.6 Å². The third-order valence-corrected chi connectivity index (χ3v) is 6.14. The van der Waals surface area contributed by atoms with E-state index >= 15 is 0 Å². The van der Waals surface area contributed by atoms with Gasteiger partial charge in [0.1, 0.15) is 6.29 Å². The van der Waals surface area contributed by atoms with Gasteiger partial charge in [0, 0.05) is 31.0 Å². The standard InChI is InChI=1S/C15H15N7O.C7H18NO2P/c1-22(11-4-2-9(8-23)3-5-11)7-10-6-18-14-12(19-10)13(16)20-15(17)21-14;1-4-9-11(10-5-2)7-6-8-3/h2-6,8H,7H2,1H3,(H4,16,17,18,20,21);8H,4-7H2,1-3H3. The molecular weight excluding hydrogens is 455 g/mol. The summed E-state index contributed by atoms with van der Waals surface area (Å²) in [4.78, 5) is 29.3. The quantitative estimate of drug-likeness (QED) is 0.269. The Kier molecular flexibility index (Phi) is 11.5.